The molecule has 0 radical (unpaired) electrons. The first-order chi connectivity index (χ1) is 5.33. The Kier molecular flexibility index (Phi) is 4.94. The molecule has 0 aromatic carbocycles. The average Bonchev–Trinajstić information content (AvgIpc) is 2.02. The van der Waals surface area contributed by atoms with Crippen LogP contribution in [0.1, 0.15) is 53.4 Å². The van der Waals surface area contributed by atoms with Gasteiger partial charge in [0.1, 0.15) is 0 Å². The van der Waals surface area contributed by atoms with Gasteiger partial charge in [0.25, 0.3) is 0 Å². The molecule has 0 spiro atoms. The molecule has 0 heterocycles. The predicted octanol–water partition coefficient (Wildman–Crippen LogP) is 4.58. The minimum Gasteiger partial charge on any atom is -0.120 e. The van der Waals surface area contributed by atoms with Gasteiger partial charge in [-0.05, 0) is 39.5 Å². The lowest BCUT2D eigenvalue weighted by atomic mass is 9.94. The highest BCUT2D eigenvalue weighted by Crippen LogP contribution is 2.32. The molecule has 12 heavy (non-hydrogen) atoms. The van der Waals surface area contributed by atoms with Crippen LogP contribution in [0.4, 0.5) is 0 Å². The van der Waals surface area contributed by atoms with Crippen molar-refractivity contribution < 1.29 is 0 Å². The molecule has 2 unspecified atom stereocenters. The summed E-state index contributed by atoms with van der Waals surface area (Å²) >= 11 is 12.5. The number of hydrogen-bond donors (Lipinski definition) is 0. The molecule has 74 valence electrons. The summed E-state index contributed by atoms with van der Waals surface area (Å²) in [5, 5.41) is 0. The Bertz CT molecular complexity index is 112. The molecular formula is C10H20Cl2. The van der Waals surface area contributed by atoms with Crippen molar-refractivity contribution in [2.75, 3.05) is 0 Å². The molecule has 0 amide bonds. The lowest BCUT2D eigenvalue weighted by Crippen LogP contribution is -2.22. The summed E-state index contributed by atoms with van der Waals surface area (Å²) in [5.74, 6) is 0. The fourth-order valence-electron chi connectivity index (χ4n) is 0.875. The van der Waals surface area contributed by atoms with Gasteiger partial charge in [-0.1, -0.05) is 13.8 Å². The highest BCUT2D eigenvalue weighted by atomic mass is 35.5. The van der Waals surface area contributed by atoms with Crippen LogP contribution in [-0.4, -0.2) is 9.75 Å². The molecule has 0 aromatic rings. The van der Waals surface area contributed by atoms with Gasteiger partial charge in [-0.25, -0.2) is 0 Å². The maximum Gasteiger partial charge on any atom is 0.0416 e. The summed E-state index contributed by atoms with van der Waals surface area (Å²) in [6, 6.07) is 0. The van der Waals surface area contributed by atoms with Crippen LogP contribution < -0.4 is 0 Å². The zero-order valence-corrected chi connectivity index (χ0v) is 10.1. The fraction of sp³-hybridized carbons (Fsp3) is 1.00. The second-order valence-electron chi connectivity index (χ2n) is 4.03. The Labute approximate surface area is 86.6 Å². The maximum absolute atomic E-state index is 6.23. The lowest BCUT2D eigenvalue weighted by Gasteiger charge is -2.26. The quantitative estimate of drug-likeness (QED) is 0.584. The van der Waals surface area contributed by atoms with E-state index in [1.165, 1.54) is 0 Å². The average molecular weight is 211 g/mol. The van der Waals surface area contributed by atoms with Crippen molar-refractivity contribution in [2.24, 2.45) is 0 Å². The molecule has 0 aromatic heterocycles. The summed E-state index contributed by atoms with van der Waals surface area (Å²) in [5.41, 5.74) is 0. The number of alkyl halides is 2. The molecule has 2 heteroatoms. The third-order valence-corrected chi connectivity index (χ3v) is 3.55. The SMILES string of the molecule is CCC(C)(Cl)CCC(C)(Cl)CC. The molecule has 0 saturated carbocycles. The van der Waals surface area contributed by atoms with Crippen molar-refractivity contribution >= 4 is 23.2 Å². The van der Waals surface area contributed by atoms with Crippen LogP contribution in [0.3, 0.4) is 0 Å². The van der Waals surface area contributed by atoms with Crippen LogP contribution in [0, 0.1) is 0 Å². The first kappa shape index (κ1) is 12.6. The van der Waals surface area contributed by atoms with Gasteiger partial charge in [0.05, 0.1) is 0 Å². The van der Waals surface area contributed by atoms with Crippen LogP contribution in [-0.2, 0) is 0 Å². The standard InChI is InChI=1S/C10H20Cl2/c1-5-9(3,11)7-8-10(4,12)6-2/h5-8H2,1-4H3. The molecule has 0 aliphatic carbocycles. The van der Waals surface area contributed by atoms with Crippen molar-refractivity contribution in [1.29, 1.82) is 0 Å². The van der Waals surface area contributed by atoms with E-state index >= 15 is 0 Å². The Morgan fingerprint density at radius 2 is 1.08 bits per heavy atom. The maximum atomic E-state index is 6.23. The first-order valence-electron chi connectivity index (χ1n) is 4.71. The first-order valence-corrected chi connectivity index (χ1v) is 5.46. The summed E-state index contributed by atoms with van der Waals surface area (Å²) in [4.78, 5) is -0.128. The molecule has 0 rings (SSSR count). The van der Waals surface area contributed by atoms with E-state index in [-0.39, 0.29) is 9.75 Å². The van der Waals surface area contributed by atoms with Gasteiger partial charge >= 0.3 is 0 Å². The molecule has 0 aliphatic heterocycles. The molecule has 0 saturated heterocycles. The van der Waals surface area contributed by atoms with Crippen LogP contribution in [0.25, 0.3) is 0 Å². The fourth-order valence-corrected chi connectivity index (χ4v) is 1.06. The Hall–Kier alpha value is 0.580. The van der Waals surface area contributed by atoms with Crippen LogP contribution >= 0.6 is 23.2 Å². The van der Waals surface area contributed by atoms with Crippen LogP contribution in [0.5, 0.6) is 0 Å². The zero-order valence-electron chi connectivity index (χ0n) is 8.58. The summed E-state index contributed by atoms with van der Waals surface area (Å²) in [7, 11) is 0. The van der Waals surface area contributed by atoms with Gasteiger partial charge < -0.3 is 0 Å². The van der Waals surface area contributed by atoms with Crippen molar-refractivity contribution in [3.63, 3.8) is 0 Å². The molecule has 0 bridgehead atoms. The second kappa shape index (κ2) is 4.72. The van der Waals surface area contributed by atoms with E-state index in [1.807, 2.05) is 0 Å². The molecular weight excluding hydrogens is 191 g/mol. The van der Waals surface area contributed by atoms with E-state index < -0.39 is 0 Å². The number of rotatable bonds is 5. The zero-order chi connectivity index (χ0) is 9.83. The van der Waals surface area contributed by atoms with E-state index in [1.54, 1.807) is 0 Å². The highest BCUT2D eigenvalue weighted by molar-refractivity contribution is 6.24. The van der Waals surface area contributed by atoms with Gasteiger partial charge in [-0.3, -0.25) is 0 Å². The van der Waals surface area contributed by atoms with Crippen LogP contribution in [0.15, 0.2) is 0 Å². The lowest BCUT2D eigenvalue weighted by molar-refractivity contribution is 0.459. The van der Waals surface area contributed by atoms with Gasteiger partial charge in [0, 0.05) is 9.75 Å². The third-order valence-electron chi connectivity index (χ3n) is 2.64. The van der Waals surface area contributed by atoms with Gasteiger partial charge in [0.2, 0.25) is 0 Å². The largest absolute Gasteiger partial charge is 0.120 e. The van der Waals surface area contributed by atoms with Crippen LogP contribution in [0.2, 0.25) is 0 Å². The Morgan fingerprint density at radius 3 is 1.25 bits per heavy atom. The smallest absolute Gasteiger partial charge is 0.0416 e. The summed E-state index contributed by atoms with van der Waals surface area (Å²) in [6.45, 7) is 8.39. The van der Waals surface area contributed by atoms with Crippen molar-refractivity contribution in [1.82, 2.24) is 0 Å². The van der Waals surface area contributed by atoms with E-state index in [0.29, 0.717) is 0 Å². The number of hydrogen-bond acceptors (Lipinski definition) is 0. The van der Waals surface area contributed by atoms with E-state index in [9.17, 15) is 0 Å². The third kappa shape index (κ3) is 5.27. The molecule has 0 N–H and O–H groups in total. The van der Waals surface area contributed by atoms with Gasteiger partial charge in [0.15, 0.2) is 0 Å². The molecule has 2 atom stereocenters. The van der Waals surface area contributed by atoms with Crippen molar-refractivity contribution in [3.8, 4) is 0 Å². The van der Waals surface area contributed by atoms with Crippen molar-refractivity contribution in [2.45, 2.75) is 63.1 Å². The van der Waals surface area contributed by atoms with Crippen molar-refractivity contribution in [3.05, 3.63) is 0 Å². The summed E-state index contributed by atoms with van der Waals surface area (Å²) in [6.07, 6.45) is 4.01. The second-order valence-corrected chi connectivity index (χ2v) is 5.86. The van der Waals surface area contributed by atoms with E-state index in [2.05, 4.69) is 27.7 Å². The minimum absolute atomic E-state index is 0.0642. The molecule has 0 nitrogen and oxygen atoms in total. The molecule has 0 aliphatic rings. The topological polar surface area (TPSA) is 0 Å². The Balaban J connectivity index is 3.82. The highest BCUT2D eigenvalue weighted by Gasteiger charge is 2.24. The molecule has 0 fully saturated rings. The van der Waals surface area contributed by atoms with E-state index in [0.717, 1.165) is 25.7 Å². The normalized spacial score (nSPS) is 21.5. The minimum atomic E-state index is -0.0642. The monoisotopic (exact) mass is 210 g/mol. The summed E-state index contributed by atoms with van der Waals surface area (Å²) < 4.78 is 0. The van der Waals surface area contributed by atoms with Gasteiger partial charge in [-0.15, -0.1) is 23.2 Å². The Morgan fingerprint density at radius 1 is 0.833 bits per heavy atom. The van der Waals surface area contributed by atoms with Gasteiger partial charge in [-0.2, -0.15) is 0 Å². The van der Waals surface area contributed by atoms with E-state index in [4.69, 9.17) is 23.2 Å². The predicted molar refractivity (Wildman–Crippen MR) is 58.3 cm³/mol. The number of halogens is 2.